The van der Waals surface area contributed by atoms with E-state index in [-0.39, 0.29) is 0 Å². The van der Waals surface area contributed by atoms with Gasteiger partial charge in [-0.2, -0.15) is 0 Å². The zero-order valence-electron chi connectivity index (χ0n) is 25.3. The lowest BCUT2D eigenvalue weighted by molar-refractivity contribution is 1.18. The Kier molecular flexibility index (Phi) is 6.78. The third-order valence-corrected chi connectivity index (χ3v) is 13.9. The van der Waals surface area contributed by atoms with Gasteiger partial charge in [0.25, 0.3) is 0 Å². The normalized spacial score (nSPS) is 11.7. The molecule has 0 aliphatic carbocycles. The topological polar surface area (TPSA) is 4.93 Å². The maximum Gasteiger partial charge on any atom is 0.179 e. The second kappa shape index (κ2) is 11.2. The van der Waals surface area contributed by atoms with Crippen molar-refractivity contribution in [1.29, 1.82) is 0 Å². The largest absolute Gasteiger partial charge is 0.309 e. The summed E-state index contributed by atoms with van der Waals surface area (Å²) in [4.78, 5) is 0. The monoisotopic (exact) mass is 591 g/mol. The Morgan fingerprint density at radius 2 is 0.933 bits per heavy atom. The molecule has 214 valence electrons. The molecule has 0 unspecified atom stereocenters. The van der Waals surface area contributed by atoms with E-state index in [1.54, 1.807) is 0 Å². The van der Waals surface area contributed by atoms with Gasteiger partial charge in [0, 0.05) is 16.5 Å². The van der Waals surface area contributed by atoms with Crippen LogP contribution in [0, 0.1) is 6.92 Å². The first kappa shape index (κ1) is 27.1. The fourth-order valence-electron chi connectivity index (χ4n) is 7.23. The van der Waals surface area contributed by atoms with E-state index in [0.29, 0.717) is 0 Å². The Bertz CT molecular complexity index is 2210. The van der Waals surface area contributed by atoms with Gasteiger partial charge in [0.05, 0.1) is 11.0 Å². The number of nitrogens with zero attached hydrogens (tertiary/aromatic N) is 1. The van der Waals surface area contributed by atoms with Crippen LogP contribution in [0.4, 0.5) is 0 Å². The molecule has 0 saturated carbocycles. The Morgan fingerprint density at radius 1 is 0.378 bits per heavy atom. The summed E-state index contributed by atoms with van der Waals surface area (Å²) in [5, 5.41) is 8.10. The van der Waals surface area contributed by atoms with Crippen LogP contribution in [-0.4, -0.2) is 12.6 Å². The molecule has 7 aromatic carbocycles. The van der Waals surface area contributed by atoms with Crippen LogP contribution < -0.4 is 20.7 Å². The van der Waals surface area contributed by atoms with Gasteiger partial charge in [-0.05, 0) is 63.1 Å². The predicted octanol–water partition coefficient (Wildman–Crippen LogP) is 8.14. The summed E-state index contributed by atoms with van der Waals surface area (Å²) >= 11 is 0. The van der Waals surface area contributed by atoms with Gasteiger partial charge in [0.15, 0.2) is 8.07 Å². The van der Waals surface area contributed by atoms with Crippen LogP contribution in [0.3, 0.4) is 0 Å². The molecule has 1 nitrogen and oxygen atoms in total. The maximum atomic E-state index is 2.51. The van der Waals surface area contributed by atoms with Gasteiger partial charge in [0.1, 0.15) is 0 Å². The summed E-state index contributed by atoms with van der Waals surface area (Å²) < 4.78 is 2.41. The molecule has 0 amide bonds. The third-order valence-electron chi connectivity index (χ3n) is 9.15. The van der Waals surface area contributed by atoms with E-state index in [1.807, 2.05) is 0 Å². The molecule has 0 N–H and O–H groups in total. The Hall–Kier alpha value is -5.44. The summed E-state index contributed by atoms with van der Waals surface area (Å²) in [6.45, 7) is 2.24. The number of fused-ring (bicyclic) bond motifs is 3. The first-order valence-corrected chi connectivity index (χ1v) is 17.6. The van der Waals surface area contributed by atoms with Crippen LogP contribution in [-0.2, 0) is 0 Å². The molecule has 0 aliphatic rings. The molecule has 8 rings (SSSR count). The highest BCUT2D eigenvalue weighted by molar-refractivity contribution is 7.20. The minimum absolute atomic E-state index is 1.18. The molecule has 1 aromatic heterocycles. The number of hydrogen-bond donors (Lipinski definition) is 0. The van der Waals surface area contributed by atoms with E-state index in [2.05, 4.69) is 193 Å². The Labute approximate surface area is 265 Å². The van der Waals surface area contributed by atoms with E-state index >= 15 is 0 Å². The molecule has 0 saturated heterocycles. The molecule has 0 fully saturated rings. The molecule has 45 heavy (non-hydrogen) atoms. The highest BCUT2D eigenvalue weighted by Gasteiger charge is 2.42. The van der Waals surface area contributed by atoms with E-state index in [1.165, 1.54) is 64.9 Å². The number of para-hydroxylation sites is 2. The van der Waals surface area contributed by atoms with Crippen molar-refractivity contribution in [3.8, 4) is 16.8 Å². The molecule has 8 aromatic rings. The van der Waals surface area contributed by atoms with E-state index in [0.717, 1.165) is 0 Å². The molecule has 1 heterocycles. The molecular formula is C43H33NSi. The highest BCUT2D eigenvalue weighted by Crippen LogP contribution is 2.32. The maximum absolute atomic E-state index is 2.78. The van der Waals surface area contributed by atoms with Crippen molar-refractivity contribution in [2.24, 2.45) is 0 Å². The fourth-order valence-corrected chi connectivity index (χ4v) is 12.1. The average Bonchev–Trinajstić information content (AvgIpc) is 3.44. The zero-order chi connectivity index (χ0) is 30.2. The Morgan fingerprint density at radius 3 is 1.60 bits per heavy atom. The smallest absolute Gasteiger partial charge is 0.179 e. The molecule has 0 spiro atoms. The molecular weight excluding hydrogens is 559 g/mol. The molecule has 0 radical (unpaired) electrons. The zero-order valence-corrected chi connectivity index (χ0v) is 26.3. The van der Waals surface area contributed by atoms with Gasteiger partial charge in [0.2, 0.25) is 0 Å². The van der Waals surface area contributed by atoms with Gasteiger partial charge >= 0.3 is 0 Å². The van der Waals surface area contributed by atoms with Crippen molar-refractivity contribution in [3.63, 3.8) is 0 Å². The number of aryl methyl sites for hydroxylation is 1. The van der Waals surface area contributed by atoms with Crippen molar-refractivity contribution < 1.29 is 0 Å². The number of aromatic nitrogens is 1. The molecule has 0 atom stereocenters. The van der Waals surface area contributed by atoms with Gasteiger partial charge in [-0.3, -0.25) is 0 Å². The van der Waals surface area contributed by atoms with E-state index in [9.17, 15) is 0 Å². The minimum atomic E-state index is -2.78. The number of benzene rings is 7. The van der Waals surface area contributed by atoms with Crippen molar-refractivity contribution in [2.45, 2.75) is 6.92 Å². The van der Waals surface area contributed by atoms with E-state index in [4.69, 9.17) is 0 Å². The van der Waals surface area contributed by atoms with Crippen LogP contribution in [0.1, 0.15) is 5.56 Å². The van der Waals surface area contributed by atoms with E-state index < -0.39 is 8.07 Å². The second-order valence-corrected chi connectivity index (χ2v) is 15.7. The summed E-state index contributed by atoms with van der Waals surface area (Å²) in [5.41, 5.74) is 7.41. The first-order chi connectivity index (χ1) is 22.2. The fraction of sp³-hybridized carbons (Fsp3) is 0.0233. The summed E-state index contributed by atoms with van der Waals surface area (Å²) in [6.07, 6.45) is 0. The average molecular weight is 592 g/mol. The highest BCUT2D eigenvalue weighted by atomic mass is 28.3. The van der Waals surface area contributed by atoms with Crippen LogP contribution >= 0.6 is 0 Å². The van der Waals surface area contributed by atoms with Crippen molar-refractivity contribution in [2.75, 3.05) is 0 Å². The lowest BCUT2D eigenvalue weighted by atomic mass is 10.0. The van der Waals surface area contributed by atoms with Crippen LogP contribution in [0.2, 0.25) is 0 Å². The second-order valence-electron chi connectivity index (χ2n) is 11.9. The lowest BCUT2D eigenvalue weighted by Crippen LogP contribution is -2.74. The standard InChI is InChI=1S/C43H33NSi/c1-32-28-34(33-16-6-2-7-17-33)30-39(29-32)45(36-20-10-4-11-21-36,37-22-12-5-13-23-37)38-26-27-43-41(31-38)40-24-14-15-25-42(40)44(43)35-18-8-3-9-19-35/h2-31H,1H3. The van der Waals surface area contributed by atoms with Crippen molar-refractivity contribution in [3.05, 3.63) is 188 Å². The van der Waals surface area contributed by atoms with Crippen LogP contribution in [0.15, 0.2) is 182 Å². The lowest BCUT2D eigenvalue weighted by Gasteiger charge is -2.35. The molecule has 0 aliphatic heterocycles. The quantitative estimate of drug-likeness (QED) is 0.136. The third kappa shape index (κ3) is 4.54. The van der Waals surface area contributed by atoms with Gasteiger partial charge < -0.3 is 4.57 Å². The first-order valence-electron chi connectivity index (χ1n) is 15.6. The van der Waals surface area contributed by atoms with Crippen LogP contribution in [0.5, 0.6) is 0 Å². The number of rotatable bonds is 6. The minimum Gasteiger partial charge on any atom is -0.309 e. The predicted molar refractivity (Wildman–Crippen MR) is 195 cm³/mol. The van der Waals surface area contributed by atoms with Crippen molar-refractivity contribution >= 4 is 50.6 Å². The number of hydrogen-bond acceptors (Lipinski definition) is 0. The molecule has 0 bridgehead atoms. The SMILES string of the molecule is Cc1cc(-c2ccccc2)cc([Si](c2ccccc2)(c2ccccc2)c2ccc3c(c2)c2ccccc2n3-c2ccccc2)c1. The summed E-state index contributed by atoms with van der Waals surface area (Å²) in [5.74, 6) is 0. The summed E-state index contributed by atoms with van der Waals surface area (Å²) in [7, 11) is -2.78. The van der Waals surface area contributed by atoms with Gasteiger partial charge in [-0.15, -0.1) is 0 Å². The molecule has 2 heteroatoms. The van der Waals surface area contributed by atoms with Crippen LogP contribution in [0.25, 0.3) is 38.6 Å². The Balaban J connectivity index is 1.49. The van der Waals surface area contributed by atoms with Crippen molar-refractivity contribution in [1.82, 2.24) is 4.57 Å². The van der Waals surface area contributed by atoms with Gasteiger partial charge in [-0.25, -0.2) is 0 Å². The van der Waals surface area contributed by atoms with Gasteiger partial charge in [-0.1, -0.05) is 163 Å². The summed E-state index contributed by atoms with van der Waals surface area (Å²) in [6, 6.07) is 67.3.